The van der Waals surface area contributed by atoms with Crippen LogP contribution in [0, 0.1) is 6.92 Å². The predicted molar refractivity (Wildman–Crippen MR) is 74.5 cm³/mol. The second kappa shape index (κ2) is 6.03. The monoisotopic (exact) mass is 245 g/mol. The molecule has 1 saturated carbocycles. The Hall–Kier alpha value is -1.31. The third-order valence-corrected chi connectivity index (χ3v) is 4.01. The van der Waals surface area contributed by atoms with E-state index in [9.17, 15) is 4.79 Å². The molecule has 0 spiro atoms. The maximum Gasteiger partial charge on any atom is 0.222 e. The molecular weight excluding hydrogens is 222 g/mol. The fraction of sp³-hybridized carbons (Fsp3) is 0.562. The van der Waals surface area contributed by atoms with Gasteiger partial charge in [-0.3, -0.25) is 4.79 Å². The fourth-order valence-corrected chi connectivity index (χ4v) is 2.68. The molecule has 98 valence electrons. The Kier molecular flexibility index (Phi) is 4.40. The highest BCUT2D eigenvalue weighted by molar-refractivity contribution is 5.76. The molecule has 0 radical (unpaired) electrons. The first kappa shape index (κ1) is 13.1. The second-order valence-corrected chi connectivity index (χ2v) is 5.43. The highest BCUT2D eigenvalue weighted by Crippen LogP contribution is 2.23. The van der Waals surface area contributed by atoms with Crippen molar-refractivity contribution >= 4 is 5.91 Å². The Balaban J connectivity index is 1.82. The van der Waals surface area contributed by atoms with E-state index in [0.29, 0.717) is 18.4 Å². The number of benzene rings is 1. The minimum atomic E-state index is 0.294. The normalized spacial score (nSPS) is 15.9. The lowest BCUT2D eigenvalue weighted by molar-refractivity contribution is -0.131. The molecule has 0 unspecified atom stereocenters. The van der Waals surface area contributed by atoms with Gasteiger partial charge in [0.2, 0.25) is 5.91 Å². The van der Waals surface area contributed by atoms with Gasteiger partial charge in [0.15, 0.2) is 0 Å². The molecule has 1 aliphatic carbocycles. The summed E-state index contributed by atoms with van der Waals surface area (Å²) < 4.78 is 0. The van der Waals surface area contributed by atoms with Crippen molar-refractivity contribution in [3.63, 3.8) is 0 Å². The molecule has 18 heavy (non-hydrogen) atoms. The number of amides is 1. The van der Waals surface area contributed by atoms with Crippen molar-refractivity contribution in [3.8, 4) is 0 Å². The minimum absolute atomic E-state index is 0.294. The Morgan fingerprint density at radius 3 is 2.44 bits per heavy atom. The Bertz CT molecular complexity index is 390. The highest BCUT2D eigenvalue weighted by atomic mass is 16.2. The third kappa shape index (κ3) is 3.34. The van der Waals surface area contributed by atoms with Crippen molar-refractivity contribution in [2.75, 3.05) is 7.05 Å². The molecule has 2 heteroatoms. The molecule has 0 N–H and O–H groups in total. The van der Waals surface area contributed by atoms with Crippen molar-refractivity contribution in [3.05, 3.63) is 35.4 Å². The van der Waals surface area contributed by atoms with Crippen LogP contribution in [0.4, 0.5) is 0 Å². The first-order valence-electron chi connectivity index (χ1n) is 6.98. The van der Waals surface area contributed by atoms with Crippen molar-refractivity contribution in [1.82, 2.24) is 4.90 Å². The average Bonchev–Trinajstić information content (AvgIpc) is 2.90. The molecule has 0 bridgehead atoms. The molecule has 2 rings (SSSR count). The van der Waals surface area contributed by atoms with Gasteiger partial charge in [0.1, 0.15) is 0 Å². The summed E-state index contributed by atoms with van der Waals surface area (Å²) in [4.78, 5) is 14.1. The zero-order chi connectivity index (χ0) is 13.0. The maximum absolute atomic E-state index is 12.1. The van der Waals surface area contributed by atoms with Crippen LogP contribution < -0.4 is 0 Å². The molecular formula is C16H23NO. The SMILES string of the molecule is Cc1ccc(CCC(=O)N(C)C2CCCC2)cc1. The van der Waals surface area contributed by atoms with E-state index in [-0.39, 0.29) is 0 Å². The first-order valence-corrected chi connectivity index (χ1v) is 6.98. The quantitative estimate of drug-likeness (QED) is 0.796. The van der Waals surface area contributed by atoms with E-state index < -0.39 is 0 Å². The van der Waals surface area contributed by atoms with Gasteiger partial charge in [0, 0.05) is 19.5 Å². The van der Waals surface area contributed by atoms with Crippen molar-refractivity contribution < 1.29 is 4.79 Å². The smallest absolute Gasteiger partial charge is 0.222 e. The molecule has 0 aliphatic heterocycles. The van der Waals surface area contributed by atoms with Crippen molar-refractivity contribution in [1.29, 1.82) is 0 Å². The van der Waals surface area contributed by atoms with Gasteiger partial charge in [-0.25, -0.2) is 0 Å². The van der Waals surface area contributed by atoms with Gasteiger partial charge >= 0.3 is 0 Å². The summed E-state index contributed by atoms with van der Waals surface area (Å²) in [7, 11) is 1.97. The van der Waals surface area contributed by atoms with Gasteiger partial charge in [-0.1, -0.05) is 42.7 Å². The number of carbonyl (C=O) groups is 1. The highest BCUT2D eigenvalue weighted by Gasteiger charge is 2.22. The summed E-state index contributed by atoms with van der Waals surface area (Å²) in [5.41, 5.74) is 2.53. The Morgan fingerprint density at radius 1 is 1.22 bits per heavy atom. The minimum Gasteiger partial charge on any atom is -0.343 e. The molecule has 1 aromatic carbocycles. The van der Waals surface area contributed by atoms with E-state index in [4.69, 9.17) is 0 Å². The summed E-state index contributed by atoms with van der Waals surface area (Å²) in [5.74, 6) is 0.294. The van der Waals surface area contributed by atoms with E-state index in [1.165, 1.54) is 36.8 Å². The lowest BCUT2D eigenvalue weighted by atomic mass is 10.1. The standard InChI is InChI=1S/C16H23NO/c1-13-7-9-14(10-8-13)11-12-16(18)17(2)15-5-3-4-6-15/h7-10,15H,3-6,11-12H2,1-2H3. The molecule has 1 aliphatic rings. The van der Waals surface area contributed by atoms with Crippen LogP contribution in [0.1, 0.15) is 43.2 Å². The molecule has 1 fully saturated rings. The van der Waals surface area contributed by atoms with E-state index in [2.05, 4.69) is 31.2 Å². The topological polar surface area (TPSA) is 20.3 Å². The first-order chi connectivity index (χ1) is 8.66. The van der Waals surface area contributed by atoms with Gasteiger partial charge in [-0.05, 0) is 31.7 Å². The Labute approximate surface area is 110 Å². The molecule has 1 aromatic rings. The van der Waals surface area contributed by atoms with Crippen molar-refractivity contribution in [2.24, 2.45) is 0 Å². The van der Waals surface area contributed by atoms with E-state index in [1.807, 2.05) is 11.9 Å². The summed E-state index contributed by atoms with van der Waals surface area (Å²) >= 11 is 0. The molecule has 1 amide bonds. The van der Waals surface area contributed by atoms with Crippen LogP contribution in [0.3, 0.4) is 0 Å². The number of hydrogen-bond acceptors (Lipinski definition) is 1. The van der Waals surface area contributed by atoms with Gasteiger partial charge in [0.25, 0.3) is 0 Å². The Morgan fingerprint density at radius 2 is 1.83 bits per heavy atom. The van der Waals surface area contributed by atoms with Crippen LogP contribution in [0.25, 0.3) is 0 Å². The van der Waals surface area contributed by atoms with Crippen LogP contribution in [-0.4, -0.2) is 23.9 Å². The molecule has 2 nitrogen and oxygen atoms in total. The summed E-state index contributed by atoms with van der Waals surface area (Å²) in [6.45, 7) is 2.09. The zero-order valence-electron chi connectivity index (χ0n) is 11.5. The molecule has 0 aromatic heterocycles. The number of carbonyl (C=O) groups excluding carboxylic acids is 1. The van der Waals surface area contributed by atoms with E-state index in [1.54, 1.807) is 0 Å². The lowest BCUT2D eigenvalue weighted by Crippen LogP contribution is -2.35. The lowest BCUT2D eigenvalue weighted by Gasteiger charge is -2.24. The number of nitrogens with zero attached hydrogens (tertiary/aromatic N) is 1. The second-order valence-electron chi connectivity index (χ2n) is 5.43. The van der Waals surface area contributed by atoms with E-state index in [0.717, 1.165) is 6.42 Å². The third-order valence-electron chi connectivity index (χ3n) is 4.01. The number of hydrogen-bond donors (Lipinski definition) is 0. The fourth-order valence-electron chi connectivity index (χ4n) is 2.68. The number of rotatable bonds is 4. The summed E-state index contributed by atoms with van der Waals surface area (Å²) in [6, 6.07) is 8.97. The summed E-state index contributed by atoms with van der Waals surface area (Å²) in [6.07, 6.45) is 6.42. The van der Waals surface area contributed by atoms with Crippen LogP contribution in [0.5, 0.6) is 0 Å². The van der Waals surface area contributed by atoms with Crippen molar-refractivity contribution in [2.45, 2.75) is 51.5 Å². The molecule has 0 atom stereocenters. The number of aryl methyl sites for hydroxylation is 2. The zero-order valence-corrected chi connectivity index (χ0v) is 11.5. The van der Waals surface area contributed by atoms with Crippen LogP contribution in [0.15, 0.2) is 24.3 Å². The van der Waals surface area contributed by atoms with Gasteiger partial charge < -0.3 is 4.90 Å². The molecule has 0 heterocycles. The summed E-state index contributed by atoms with van der Waals surface area (Å²) in [5, 5.41) is 0. The largest absolute Gasteiger partial charge is 0.343 e. The van der Waals surface area contributed by atoms with Crippen LogP contribution in [-0.2, 0) is 11.2 Å². The molecule has 0 saturated heterocycles. The maximum atomic E-state index is 12.1. The van der Waals surface area contributed by atoms with Gasteiger partial charge in [-0.15, -0.1) is 0 Å². The van der Waals surface area contributed by atoms with Crippen LogP contribution in [0.2, 0.25) is 0 Å². The van der Waals surface area contributed by atoms with Crippen LogP contribution >= 0.6 is 0 Å². The average molecular weight is 245 g/mol. The van der Waals surface area contributed by atoms with Gasteiger partial charge in [0.05, 0.1) is 0 Å². The van der Waals surface area contributed by atoms with E-state index >= 15 is 0 Å². The van der Waals surface area contributed by atoms with Gasteiger partial charge in [-0.2, -0.15) is 0 Å². The predicted octanol–water partition coefficient (Wildman–Crippen LogP) is 3.33.